The van der Waals surface area contributed by atoms with Crippen LogP contribution in [-0.2, 0) is 0 Å². The molecule has 0 aliphatic heterocycles. The number of Topliss-reactive ketones (excluding diaryl/α,β-unsaturated/α-hetero) is 1. The van der Waals surface area contributed by atoms with Crippen LogP contribution in [0.2, 0.25) is 0 Å². The molecule has 0 aliphatic carbocycles. The van der Waals surface area contributed by atoms with E-state index in [1.807, 2.05) is 34.0 Å². The lowest BCUT2D eigenvalue weighted by Gasteiger charge is -2.14. The number of halogens is 1. The molecule has 0 unspecified atom stereocenters. The summed E-state index contributed by atoms with van der Waals surface area (Å²) in [6, 6.07) is 10.2. The summed E-state index contributed by atoms with van der Waals surface area (Å²) in [5, 5.41) is 0. The number of nitrogens with zero attached hydrogens (tertiary/aromatic N) is 2. The number of carbonyl (C=O) groups is 1. The van der Waals surface area contributed by atoms with Crippen molar-refractivity contribution >= 4 is 23.1 Å². The molecular weight excluding hydrogens is 272 g/mol. The molecule has 2 aromatic rings. The molecule has 0 saturated heterocycles. The quantitative estimate of drug-likeness (QED) is 0.635. The zero-order valence-corrected chi connectivity index (χ0v) is 13.0. The predicted molar refractivity (Wildman–Crippen MR) is 84.6 cm³/mol. The molecule has 0 N–H and O–H groups in total. The molecule has 0 saturated carbocycles. The first-order chi connectivity index (χ1) is 9.45. The molecular formula is C16H19ClN2O. The summed E-state index contributed by atoms with van der Waals surface area (Å²) in [6.07, 6.45) is 0. The zero-order chi connectivity index (χ0) is 14.9. The third kappa shape index (κ3) is 2.59. The molecule has 0 atom stereocenters. The van der Waals surface area contributed by atoms with Crippen LogP contribution in [0.4, 0.5) is 5.69 Å². The second-order valence-corrected chi connectivity index (χ2v) is 5.36. The number of hydrogen-bond acceptors (Lipinski definition) is 2. The van der Waals surface area contributed by atoms with Crippen molar-refractivity contribution in [1.29, 1.82) is 0 Å². The van der Waals surface area contributed by atoms with E-state index in [0.29, 0.717) is 5.56 Å². The molecule has 1 aromatic heterocycles. The number of alkyl halides is 1. The Morgan fingerprint density at radius 3 is 2.30 bits per heavy atom. The Balaban J connectivity index is 2.47. The Bertz CT molecular complexity index is 627. The van der Waals surface area contributed by atoms with Gasteiger partial charge in [0.05, 0.1) is 5.88 Å². The van der Waals surface area contributed by atoms with Gasteiger partial charge in [0.25, 0.3) is 0 Å². The highest BCUT2D eigenvalue weighted by atomic mass is 35.5. The first-order valence-electron chi connectivity index (χ1n) is 6.51. The van der Waals surface area contributed by atoms with E-state index in [-0.39, 0.29) is 11.7 Å². The van der Waals surface area contributed by atoms with Gasteiger partial charge in [-0.15, -0.1) is 11.6 Å². The van der Waals surface area contributed by atoms with Crippen molar-refractivity contribution in [3.8, 4) is 5.69 Å². The van der Waals surface area contributed by atoms with Crippen LogP contribution in [0.5, 0.6) is 0 Å². The lowest BCUT2D eigenvalue weighted by atomic mass is 10.2. The van der Waals surface area contributed by atoms with Crippen LogP contribution < -0.4 is 4.90 Å². The molecule has 0 aliphatic rings. The van der Waals surface area contributed by atoms with Crippen molar-refractivity contribution < 1.29 is 4.79 Å². The van der Waals surface area contributed by atoms with E-state index >= 15 is 0 Å². The van der Waals surface area contributed by atoms with Gasteiger partial charge in [-0.1, -0.05) is 0 Å². The molecule has 1 aromatic carbocycles. The van der Waals surface area contributed by atoms with Crippen molar-refractivity contribution in [1.82, 2.24) is 4.57 Å². The van der Waals surface area contributed by atoms with Crippen LogP contribution in [0.15, 0.2) is 30.3 Å². The van der Waals surface area contributed by atoms with Gasteiger partial charge < -0.3 is 9.47 Å². The van der Waals surface area contributed by atoms with Gasteiger partial charge >= 0.3 is 0 Å². The van der Waals surface area contributed by atoms with E-state index < -0.39 is 0 Å². The van der Waals surface area contributed by atoms with Gasteiger partial charge in [0, 0.05) is 42.4 Å². The Labute approximate surface area is 124 Å². The number of hydrogen-bond donors (Lipinski definition) is 0. The van der Waals surface area contributed by atoms with Gasteiger partial charge in [0.1, 0.15) is 0 Å². The summed E-state index contributed by atoms with van der Waals surface area (Å²) in [5.41, 5.74) is 4.88. The normalized spacial score (nSPS) is 10.7. The van der Waals surface area contributed by atoms with Crippen molar-refractivity contribution in [3.05, 3.63) is 47.3 Å². The molecule has 0 bridgehead atoms. The van der Waals surface area contributed by atoms with E-state index in [1.54, 1.807) is 0 Å². The standard InChI is InChI=1S/C16H19ClN2O/c1-11-9-15(16(20)10-17)12(2)19(11)14-7-5-13(6-8-14)18(3)4/h5-9H,10H2,1-4H3. The number of anilines is 1. The minimum absolute atomic E-state index is 0.0177. The van der Waals surface area contributed by atoms with Gasteiger partial charge in [-0.05, 0) is 44.2 Å². The molecule has 106 valence electrons. The molecule has 1 heterocycles. The average Bonchev–Trinajstić information content (AvgIpc) is 2.73. The van der Waals surface area contributed by atoms with Crippen molar-refractivity contribution in [2.45, 2.75) is 13.8 Å². The van der Waals surface area contributed by atoms with Gasteiger partial charge in [-0.2, -0.15) is 0 Å². The summed E-state index contributed by atoms with van der Waals surface area (Å²) in [6.45, 7) is 3.95. The third-order valence-electron chi connectivity index (χ3n) is 3.48. The Morgan fingerprint density at radius 1 is 1.20 bits per heavy atom. The van der Waals surface area contributed by atoms with Gasteiger partial charge in [-0.25, -0.2) is 0 Å². The summed E-state index contributed by atoms with van der Waals surface area (Å²) in [4.78, 5) is 13.9. The number of aryl methyl sites for hydroxylation is 1. The summed E-state index contributed by atoms with van der Waals surface area (Å²) >= 11 is 5.66. The van der Waals surface area contributed by atoms with Crippen molar-refractivity contribution in [2.75, 3.05) is 24.9 Å². The van der Waals surface area contributed by atoms with Crippen molar-refractivity contribution in [3.63, 3.8) is 0 Å². The number of benzene rings is 1. The van der Waals surface area contributed by atoms with E-state index in [0.717, 1.165) is 22.8 Å². The van der Waals surface area contributed by atoms with E-state index in [1.165, 1.54) is 0 Å². The van der Waals surface area contributed by atoms with E-state index in [4.69, 9.17) is 11.6 Å². The second kappa shape index (κ2) is 5.71. The Morgan fingerprint density at radius 2 is 1.80 bits per heavy atom. The maximum Gasteiger partial charge on any atom is 0.179 e. The zero-order valence-electron chi connectivity index (χ0n) is 12.3. The highest BCUT2D eigenvalue weighted by molar-refractivity contribution is 6.30. The second-order valence-electron chi connectivity index (χ2n) is 5.09. The van der Waals surface area contributed by atoms with Gasteiger partial charge in [-0.3, -0.25) is 4.79 Å². The molecule has 20 heavy (non-hydrogen) atoms. The highest BCUT2D eigenvalue weighted by Gasteiger charge is 2.15. The van der Waals surface area contributed by atoms with E-state index in [2.05, 4.69) is 33.7 Å². The van der Waals surface area contributed by atoms with Gasteiger partial charge in [0.2, 0.25) is 0 Å². The van der Waals surface area contributed by atoms with Crippen LogP contribution in [0, 0.1) is 13.8 Å². The number of ketones is 1. The molecule has 0 amide bonds. The molecule has 3 nitrogen and oxygen atoms in total. The number of carbonyl (C=O) groups excluding carboxylic acids is 1. The third-order valence-corrected chi connectivity index (χ3v) is 3.72. The first-order valence-corrected chi connectivity index (χ1v) is 7.05. The molecule has 2 rings (SSSR count). The SMILES string of the molecule is Cc1cc(C(=O)CCl)c(C)n1-c1ccc(N(C)C)cc1. The molecule has 0 fully saturated rings. The molecule has 0 radical (unpaired) electrons. The van der Waals surface area contributed by atoms with Gasteiger partial charge in [0.15, 0.2) is 5.78 Å². The fourth-order valence-electron chi connectivity index (χ4n) is 2.41. The van der Waals surface area contributed by atoms with Crippen LogP contribution >= 0.6 is 11.6 Å². The summed E-state index contributed by atoms with van der Waals surface area (Å²) < 4.78 is 2.08. The highest BCUT2D eigenvalue weighted by Crippen LogP contribution is 2.23. The molecule has 0 spiro atoms. The fourth-order valence-corrected chi connectivity index (χ4v) is 2.56. The maximum absolute atomic E-state index is 11.8. The molecule has 4 heteroatoms. The minimum Gasteiger partial charge on any atom is -0.378 e. The van der Waals surface area contributed by atoms with Crippen molar-refractivity contribution in [2.24, 2.45) is 0 Å². The largest absolute Gasteiger partial charge is 0.378 e. The first kappa shape index (κ1) is 14.7. The van der Waals surface area contributed by atoms with Crippen LogP contribution in [0.25, 0.3) is 5.69 Å². The summed E-state index contributed by atoms with van der Waals surface area (Å²) in [7, 11) is 4.02. The number of rotatable bonds is 4. The van der Waals surface area contributed by atoms with Crippen LogP contribution in [0.1, 0.15) is 21.7 Å². The summed E-state index contributed by atoms with van der Waals surface area (Å²) in [5.74, 6) is -0.0138. The van der Waals surface area contributed by atoms with Crippen LogP contribution in [-0.4, -0.2) is 30.3 Å². The smallest absolute Gasteiger partial charge is 0.179 e. The minimum atomic E-state index is -0.0315. The topological polar surface area (TPSA) is 25.2 Å². The van der Waals surface area contributed by atoms with Crippen LogP contribution in [0.3, 0.4) is 0 Å². The Hall–Kier alpha value is -1.74. The maximum atomic E-state index is 11.8. The lowest BCUT2D eigenvalue weighted by Crippen LogP contribution is -2.09. The monoisotopic (exact) mass is 290 g/mol. The lowest BCUT2D eigenvalue weighted by molar-refractivity contribution is 0.102. The Kier molecular flexibility index (Phi) is 4.19. The fraction of sp³-hybridized carbons (Fsp3) is 0.312. The van der Waals surface area contributed by atoms with E-state index in [9.17, 15) is 4.79 Å². The predicted octanol–water partition coefficient (Wildman–Crippen LogP) is 3.58. The average molecular weight is 291 g/mol. The number of aromatic nitrogens is 1.